The van der Waals surface area contributed by atoms with E-state index in [0.29, 0.717) is 6.04 Å². The first kappa shape index (κ1) is 13.8. The zero-order chi connectivity index (χ0) is 13.6. The van der Waals surface area contributed by atoms with E-state index in [9.17, 15) is 0 Å². The Morgan fingerprint density at radius 1 is 0.850 bits per heavy atom. The van der Waals surface area contributed by atoms with Crippen molar-refractivity contribution in [3.63, 3.8) is 0 Å². The van der Waals surface area contributed by atoms with Gasteiger partial charge in [-0.1, -0.05) is 67.1 Å². The van der Waals surface area contributed by atoms with Gasteiger partial charge in [-0.25, -0.2) is 0 Å². The summed E-state index contributed by atoms with van der Waals surface area (Å²) in [5.41, 5.74) is 0. The van der Waals surface area contributed by atoms with Gasteiger partial charge in [0.1, 0.15) is 0 Å². The molecule has 1 nitrogen and oxygen atoms in total. The Bertz CT molecular complexity index is 466. The van der Waals surface area contributed by atoms with Crippen molar-refractivity contribution in [1.82, 2.24) is 5.32 Å². The lowest BCUT2D eigenvalue weighted by Crippen LogP contribution is -2.38. The summed E-state index contributed by atoms with van der Waals surface area (Å²) in [5, 5.41) is 6.71. The summed E-state index contributed by atoms with van der Waals surface area (Å²) in [5.74, 6) is 0. The first-order chi connectivity index (χ1) is 9.93. The van der Waals surface area contributed by atoms with Gasteiger partial charge in [-0.3, -0.25) is 0 Å². The molecule has 0 saturated carbocycles. The van der Waals surface area contributed by atoms with Crippen molar-refractivity contribution < 1.29 is 0 Å². The largest absolute Gasteiger partial charge is 0.314 e. The molecule has 1 saturated heterocycles. The second-order valence-corrected chi connectivity index (χ2v) is 7.68. The Morgan fingerprint density at radius 2 is 1.45 bits per heavy atom. The van der Waals surface area contributed by atoms with Gasteiger partial charge in [0.2, 0.25) is 0 Å². The highest BCUT2D eigenvalue weighted by Crippen LogP contribution is 2.35. The van der Waals surface area contributed by atoms with E-state index in [1.807, 2.05) is 0 Å². The van der Waals surface area contributed by atoms with Gasteiger partial charge in [-0.2, -0.15) is 0 Å². The van der Waals surface area contributed by atoms with Crippen LogP contribution in [0.3, 0.4) is 0 Å². The van der Waals surface area contributed by atoms with E-state index in [1.54, 1.807) is 0 Å². The van der Waals surface area contributed by atoms with E-state index in [4.69, 9.17) is 0 Å². The van der Waals surface area contributed by atoms with Crippen LogP contribution in [0.25, 0.3) is 0 Å². The summed E-state index contributed by atoms with van der Waals surface area (Å²) in [6.07, 6.45) is 5.32. The molecule has 1 aliphatic heterocycles. The quantitative estimate of drug-likeness (QED) is 0.849. The fourth-order valence-electron chi connectivity index (χ4n) is 2.88. The molecule has 0 aliphatic carbocycles. The highest BCUT2D eigenvalue weighted by Gasteiger charge is 2.20. The molecule has 0 amide bonds. The molecule has 1 N–H and O–H groups in total. The van der Waals surface area contributed by atoms with Crippen LogP contribution in [0.15, 0.2) is 60.7 Å². The van der Waals surface area contributed by atoms with Crippen molar-refractivity contribution in [2.75, 3.05) is 12.7 Å². The summed E-state index contributed by atoms with van der Waals surface area (Å²) >= 11 is 0. The van der Waals surface area contributed by atoms with Gasteiger partial charge in [0.15, 0.2) is 0 Å². The summed E-state index contributed by atoms with van der Waals surface area (Å²) in [4.78, 5) is 0. The molecule has 1 unspecified atom stereocenters. The smallest absolute Gasteiger partial charge is 0.0112 e. The average Bonchev–Trinajstić information content (AvgIpc) is 2.55. The lowest BCUT2D eigenvalue weighted by Gasteiger charge is -2.28. The van der Waals surface area contributed by atoms with E-state index in [0.717, 1.165) is 0 Å². The molecule has 1 aliphatic rings. The second-order valence-electron chi connectivity index (χ2n) is 5.43. The molecule has 0 bridgehead atoms. The molecular formula is C18H22NP. The predicted octanol–water partition coefficient (Wildman–Crippen LogP) is 3.26. The Morgan fingerprint density at radius 3 is 1.95 bits per heavy atom. The third-order valence-corrected chi connectivity index (χ3v) is 6.60. The summed E-state index contributed by atoms with van der Waals surface area (Å²) in [6.45, 7) is 1.19. The van der Waals surface area contributed by atoms with E-state index in [1.165, 1.54) is 42.6 Å². The third-order valence-electron chi connectivity index (χ3n) is 3.95. The fourth-order valence-corrected chi connectivity index (χ4v) is 5.41. The predicted molar refractivity (Wildman–Crippen MR) is 89.6 cm³/mol. The standard InChI is InChI=1S/C18H22NP/c1-3-10-17(11-4-1)20(18-12-5-2-6-13-18)15-16-9-7-8-14-19-16/h1-6,10-13,16,19H,7-9,14-15H2. The van der Waals surface area contributed by atoms with Crippen LogP contribution in [0, 0.1) is 0 Å². The number of benzene rings is 2. The van der Waals surface area contributed by atoms with Gasteiger partial charge in [-0.15, -0.1) is 0 Å². The fraction of sp³-hybridized carbons (Fsp3) is 0.333. The maximum Gasteiger partial charge on any atom is 0.0112 e. The molecule has 1 atom stereocenters. The van der Waals surface area contributed by atoms with Crippen molar-refractivity contribution in [2.24, 2.45) is 0 Å². The average molecular weight is 283 g/mol. The first-order valence-corrected chi connectivity index (χ1v) is 9.07. The van der Waals surface area contributed by atoms with Crippen LogP contribution in [-0.4, -0.2) is 18.7 Å². The molecular weight excluding hydrogens is 261 g/mol. The maximum atomic E-state index is 3.71. The van der Waals surface area contributed by atoms with Crippen molar-refractivity contribution in [3.8, 4) is 0 Å². The zero-order valence-electron chi connectivity index (χ0n) is 11.8. The maximum absolute atomic E-state index is 3.71. The highest BCUT2D eigenvalue weighted by molar-refractivity contribution is 7.73. The van der Waals surface area contributed by atoms with Crippen LogP contribution >= 0.6 is 7.92 Å². The van der Waals surface area contributed by atoms with Crippen LogP contribution in [-0.2, 0) is 0 Å². The number of nitrogens with one attached hydrogen (secondary N) is 1. The number of rotatable bonds is 4. The molecule has 2 aromatic rings. The van der Waals surface area contributed by atoms with E-state index in [2.05, 4.69) is 66.0 Å². The lowest BCUT2D eigenvalue weighted by atomic mass is 10.1. The Kier molecular flexibility index (Phi) is 4.84. The monoisotopic (exact) mass is 283 g/mol. The SMILES string of the molecule is c1ccc(P(CC2CCCCN2)c2ccccc2)cc1. The molecule has 2 aromatic carbocycles. The molecule has 1 heterocycles. The third kappa shape index (κ3) is 3.48. The topological polar surface area (TPSA) is 12.0 Å². The summed E-state index contributed by atoms with van der Waals surface area (Å²) < 4.78 is 0. The number of hydrogen-bond acceptors (Lipinski definition) is 1. The zero-order valence-corrected chi connectivity index (χ0v) is 12.7. The number of piperidine rings is 1. The van der Waals surface area contributed by atoms with Crippen LogP contribution in [0.4, 0.5) is 0 Å². The molecule has 1 fully saturated rings. The van der Waals surface area contributed by atoms with Gasteiger partial charge in [0, 0.05) is 6.04 Å². The minimum Gasteiger partial charge on any atom is -0.314 e. The summed E-state index contributed by atoms with van der Waals surface area (Å²) in [7, 11) is -0.236. The van der Waals surface area contributed by atoms with E-state index >= 15 is 0 Å². The van der Waals surface area contributed by atoms with Crippen LogP contribution in [0.2, 0.25) is 0 Å². The Balaban J connectivity index is 1.83. The van der Waals surface area contributed by atoms with Gasteiger partial charge < -0.3 is 5.32 Å². The first-order valence-electron chi connectivity index (χ1n) is 7.54. The van der Waals surface area contributed by atoms with Crippen LogP contribution < -0.4 is 15.9 Å². The molecule has 2 heteroatoms. The van der Waals surface area contributed by atoms with Crippen molar-refractivity contribution in [2.45, 2.75) is 25.3 Å². The molecule has 0 aromatic heterocycles. The van der Waals surface area contributed by atoms with Crippen molar-refractivity contribution in [3.05, 3.63) is 60.7 Å². The van der Waals surface area contributed by atoms with E-state index < -0.39 is 0 Å². The highest BCUT2D eigenvalue weighted by atomic mass is 31.1. The van der Waals surface area contributed by atoms with Crippen molar-refractivity contribution >= 4 is 18.5 Å². The molecule has 20 heavy (non-hydrogen) atoms. The molecule has 104 valence electrons. The van der Waals surface area contributed by atoms with Crippen LogP contribution in [0.5, 0.6) is 0 Å². The van der Waals surface area contributed by atoms with Gasteiger partial charge in [-0.05, 0) is 44.1 Å². The van der Waals surface area contributed by atoms with Gasteiger partial charge >= 0.3 is 0 Å². The van der Waals surface area contributed by atoms with Gasteiger partial charge in [0.05, 0.1) is 0 Å². The number of hydrogen-bond donors (Lipinski definition) is 1. The van der Waals surface area contributed by atoms with Gasteiger partial charge in [0.25, 0.3) is 0 Å². The van der Waals surface area contributed by atoms with Crippen molar-refractivity contribution in [1.29, 1.82) is 0 Å². The lowest BCUT2D eigenvalue weighted by molar-refractivity contribution is 0.429. The molecule has 0 radical (unpaired) electrons. The Labute approximate surface area is 123 Å². The summed E-state index contributed by atoms with van der Waals surface area (Å²) in [6, 6.07) is 22.8. The Hall–Kier alpha value is -1.17. The minimum atomic E-state index is -0.236. The molecule has 0 spiro atoms. The van der Waals surface area contributed by atoms with Crippen LogP contribution in [0.1, 0.15) is 19.3 Å². The normalized spacial score (nSPS) is 19.1. The molecule has 3 rings (SSSR count). The minimum absolute atomic E-state index is 0.236. The second kappa shape index (κ2) is 7.02. The van der Waals surface area contributed by atoms with E-state index in [-0.39, 0.29) is 7.92 Å².